The summed E-state index contributed by atoms with van der Waals surface area (Å²) in [5.74, 6) is 0. The van der Waals surface area contributed by atoms with Gasteiger partial charge in [-0.3, -0.25) is 0 Å². The lowest BCUT2D eigenvalue weighted by Crippen LogP contribution is -2.26. The molecule has 0 aromatic carbocycles. The Kier molecular flexibility index (Phi) is 1.83. The van der Waals surface area contributed by atoms with E-state index in [2.05, 4.69) is 23.8 Å². The molecule has 1 aromatic heterocycles. The van der Waals surface area contributed by atoms with Gasteiger partial charge in [0.25, 0.3) is 0 Å². The summed E-state index contributed by atoms with van der Waals surface area (Å²) >= 11 is 0. The third-order valence-electron chi connectivity index (χ3n) is 1.18. The van der Waals surface area contributed by atoms with E-state index in [1.165, 1.54) is 0 Å². The SMILES string of the molecule is CB(C)c1cccnn1. The molecule has 3 heteroatoms. The highest BCUT2D eigenvalue weighted by molar-refractivity contribution is 6.69. The number of hydrogen-bond donors (Lipinski definition) is 0. The second-order valence-electron chi connectivity index (χ2n) is 2.30. The summed E-state index contributed by atoms with van der Waals surface area (Å²) in [6.45, 7) is 4.69. The molecule has 46 valence electrons. The molecule has 0 amide bonds. The maximum Gasteiger partial charge on any atom is 0.196 e. The van der Waals surface area contributed by atoms with E-state index in [1.54, 1.807) is 6.20 Å². The van der Waals surface area contributed by atoms with E-state index in [-0.39, 0.29) is 0 Å². The van der Waals surface area contributed by atoms with Crippen LogP contribution in [0.3, 0.4) is 0 Å². The second kappa shape index (κ2) is 2.62. The standard InChI is InChI=1S/C6H9BN2/c1-7(2)6-4-3-5-8-9-6/h3-5H,1-2H3. The fraction of sp³-hybridized carbons (Fsp3) is 0.333. The van der Waals surface area contributed by atoms with Crippen molar-refractivity contribution in [2.75, 3.05) is 0 Å². The van der Waals surface area contributed by atoms with Crippen molar-refractivity contribution >= 4 is 12.3 Å². The van der Waals surface area contributed by atoms with E-state index in [0.717, 1.165) is 5.59 Å². The molecule has 0 bridgehead atoms. The van der Waals surface area contributed by atoms with Crippen LogP contribution in [0.15, 0.2) is 18.3 Å². The summed E-state index contributed by atoms with van der Waals surface area (Å²) in [6.07, 6.45) is 1.69. The summed E-state index contributed by atoms with van der Waals surface area (Å²) in [4.78, 5) is 0. The fourth-order valence-corrected chi connectivity index (χ4v) is 0.621. The van der Waals surface area contributed by atoms with Crippen LogP contribution >= 0.6 is 0 Å². The third-order valence-corrected chi connectivity index (χ3v) is 1.18. The van der Waals surface area contributed by atoms with Gasteiger partial charge < -0.3 is 0 Å². The first kappa shape index (κ1) is 6.27. The first-order valence-electron chi connectivity index (χ1n) is 3.08. The van der Waals surface area contributed by atoms with Crippen LogP contribution in [0.25, 0.3) is 0 Å². The molecule has 1 heterocycles. The van der Waals surface area contributed by atoms with Gasteiger partial charge in [-0.2, -0.15) is 10.2 Å². The summed E-state index contributed by atoms with van der Waals surface area (Å²) in [6, 6.07) is 3.89. The van der Waals surface area contributed by atoms with Crippen molar-refractivity contribution < 1.29 is 0 Å². The van der Waals surface area contributed by atoms with Crippen molar-refractivity contribution in [1.29, 1.82) is 0 Å². The monoisotopic (exact) mass is 120 g/mol. The number of hydrogen-bond acceptors (Lipinski definition) is 2. The molecule has 9 heavy (non-hydrogen) atoms. The van der Waals surface area contributed by atoms with Gasteiger partial charge in [-0.1, -0.05) is 13.6 Å². The molecule has 0 unspecified atom stereocenters. The predicted molar refractivity (Wildman–Crippen MR) is 39.1 cm³/mol. The van der Waals surface area contributed by atoms with Crippen LogP contribution in [0.2, 0.25) is 13.6 Å². The van der Waals surface area contributed by atoms with Gasteiger partial charge >= 0.3 is 0 Å². The lowest BCUT2D eigenvalue weighted by Gasteiger charge is -1.95. The maximum atomic E-state index is 3.93. The number of nitrogens with zero attached hydrogens (tertiary/aromatic N) is 2. The van der Waals surface area contributed by atoms with Gasteiger partial charge in [0, 0.05) is 11.8 Å². The Morgan fingerprint density at radius 3 is 2.56 bits per heavy atom. The Bertz CT molecular complexity index is 174. The van der Waals surface area contributed by atoms with Crippen LogP contribution in [0.5, 0.6) is 0 Å². The lowest BCUT2D eigenvalue weighted by molar-refractivity contribution is 1.06. The topological polar surface area (TPSA) is 25.8 Å². The van der Waals surface area contributed by atoms with Crippen LogP contribution in [0, 0.1) is 0 Å². The minimum atomic E-state index is 0.485. The van der Waals surface area contributed by atoms with Crippen LogP contribution in [-0.4, -0.2) is 16.9 Å². The summed E-state index contributed by atoms with van der Waals surface area (Å²) in [5.41, 5.74) is 1.05. The number of aromatic nitrogens is 2. The molecule has 0 N–H and O–H groups in total. The highest BCUT2D eigenvalue weighted by Crippen LogP contribution is 1.78. The Morgan fingerprint density at radius 2 is 2.22 bits per heavy atom. The molecule has 0 aliphatic heterocycles. The van der Waals surface area contributed by atoms with Crippen molar-refractivity contribution in [2.24, 2.45) is 0 Å². The smallest absolute Gasteiger partial charge is 0.166 e. The maximum absolute atomic E-state index is 3.93. The Hall–Kier alpha value is -0.855. The molecule has 0 aliphatic carbocycles. The van der Waals surface area contributed by atoms with Crippen molar-refractivity contribution in [3.05, 3.63) is 18.3 Å². The molecule has 0 atom stereocenters. The zero-order valence-electron chi connectivity index (χ0n) is 5.70. The Labute approximate surface area is 55.4 Å². The first-order chi connectivity index (χ1) is 4.30. The summed E-state index contributed by atoms with van der Waals surface area (Å²) in [7, 11) is 0. The molecular formula is C6H9BN2. The molecule has 0 radical (unpaired) electrons. The molecule has 1 rings (SSSR count). The van der Waals surface area contributed by atoms with E-state index in [9.17, 15) is 0 Å². The van der Waals surface area contributed by atoms with Crippen molar-refractivity contribution in [2.45, 2.75) is 13.6 Å². The molecule has 0 spiro atoms. The quantitative estimate of drug-likeness (QED) is 0.502. The molecule has 0 saturated heterocycles. The van der Waals surface area contributed by atoms with Crippen molar-refractivity contribution in [1.82, 2.24) is 10.2 Å². The molecule has 0 saturated carbocycles. The first-order valence-corrected chi connectivity index (χ1v) is 3.08. The highest BCUT2D eigenvalue weighted by Gasteiger charge is 2.01. The van der Waals surface area contributed by atoms with Crippen LogP contribution in [0.4, 0.5) is 0 Å². The van der Waals surface area contributed by atoms with Gasteiger partial charge in [0.05, 0.1) is 0 Å². The minimum Gasteiger partial charge on any atom is -0.166 e. The van der Waals surface area contributed by atoms with Gasteiger partial charge in [0.2, 0.25) is 0 Å². The van der Waals surface area contributed by atoms with E-state index >= 15 is 0 Å². The van der Waals surface area contributed by atoms with Crippen LogP contribution < -0.4 is 5.59 Å². The van der Waals surface area contributed by atoms with Gasteiger partial charge in [0.1, 0.15) is 0 Å². The van der Waals surface area contributed by atoms with Gasteiger partial charge in [-0.05, 0) is 12.1 Å². The van der Waals surface area contributed by atoms with Crippen LogP contribution in [-0.2, 0) is 0 Å². The fourth-order valence-electron chi connectivity index (χ4n) is 0.621. The zero-order chi connectivity index (χ0) is 6.69. The second-order valence-corrected chi connectivity index (χ2v) is 2.30. The van der Waals surface area contributed by atoms with Crippen molar-refractivity contribution in [3.8, 4) is 0 Å². The molecule has 1 aromatic rings. The normalized spacial score (nSPS) is 9.11. The van der Waals surface area contributed by atoms with Gasteiger partial charge in [0.15, 0.2) is 6.71 Å². The van der Waals surface area contributed by atoms with Crippen LogP contribution in [0.1, 0.15) is 0 Å². The number of rotatable bonds is 1. The van der Waals surface area contributed by atoms with E-state index < -0.39 is 0 Å². The molecule has 0 aliphatic rings. The summed E-state index contributed by atoms with van der Waals surface area (Å²) < 4.78 is 0. The highest BCUT2D eigenvalue weighted by atomic mass is 15.1. The zero-order valence-corrected chi connectivity index (χ0v) is 5.70. The minimum absolute atomic E-state index is 0.485. The lowest BCUT2D eigenvalue weighted by atomic mass is 9.52. The average molecular weight is 120 g/mol. The summed E-state index contributed by atoms with van der Waals surface area (Å²) in [5, 5.41) is 7.68. The van der Waals surface area contributed by atoms with Gasteiger partial charge in [-0.25, -0.2) is 0 Å². The average Bonchev–Trinajstić information content (AvgIpc) is 1.90. The van der Waals surface area contributed by atoms with E-state index in [4.69, 9.17) is 0 Å². The largest absolute Gasteiger partial charge is 0.196 e. The van der Waals surface area contributed by atoms with Gasteiger partial charge in [-0.15, -0.1) is 0 Å². The van der Waals surface area contributed by atoms with Crippen molar-refractivity contribution in [3.63, 3.8) is 0 Å². The van der Waals surface area contributed by atoms with E-state index in [1.807, 2.05) is 12.1 Å². The van der Waals surface area contributed by atoms with E-state index in [0.29, 0.717) is 6.71 Å². The Morgan fingerprint density at radius 1 is 1.44 bits per heavy atom. The molecular weight excluding hydrogens is 111 g/mol. The molecule has 2 nitrogen and oxygen atoms in total. The Balaban J connectivity index is 2.85. The predicted octanol–water partition coefficient (Wildman–Crippen LogP) is 0.438. The molecule has 0 fully saturated rings. The third kappa shape index (κ3) is 1.52.